The summed E-state index contributed by atoms with van der Waals surface area (Å²) in [6, 6.07) is 16.6. The van der Waals surface area contributed by atoms with Crippen molar-refractivity contribution in [3.8, 4) is 0 Å². The van der Waals surface area contributed by atoms with Crippen LogP contribution in [0.2, 0.25) is 0 Å². The van der Waals surface area contributed by atoms with E-state index in [1.54, 1.807) is 0 Å². The molecule has 0 saturated heterocycles. The van der Waals surface area contributed by atoms with Crippen molar-refractivity contribution in [2.75, 3.05) is 5.75 Å². The van der Waals surface area contributed by atoms with E-state index in [4.69, 9.17) is 0 Å². The summed E-state index contributed by atoms with van der Waals surface area (Å²) in [6.07, 6.45) is 5.08. The Morgan fingerprint density at radius 2 is 2.07 bits per heavy atom. The first-order chi connectivity index (χ1) is 13.3. The summed E-state index contributed by atoms with van der Waals surface area (Å²) in [7, 11) is 0. The number of carbonyl (C=O) groups is 1. The SMILES string of the molecule is C=CCn1c(SCC(=O)N[C@H]2CCCc3ccccc32)nc2ccccc21. The number of aryl methyl sites for hydroxylation is 1. The molecule has 0 aliphatic heterocycles. The fourth-order valence-corrected chi connectivity index (χ4v) is 4.57. The third kappa shape index (κ3) is 3.78. The van der Waals surface area contributed by atoms with Crippen LogP contribution >= 0.6 is 11.8 Å². The fourth-order valence-electron chi connectivity index (χ4n) is 3.74. The highest BCUT2D eigenvalue weighted by molar-refractivity contribution is 7.99. The first-order valence-corrected chi connectivity index (χ1v) is 10.3. The monoisotopic (exact) mass is 377 g/mol. The molecule has 27 heavy (non-hydrogen) atoms. The number of benzene rings is 2. The van der Waals surface area contributed by atoms with Crippen LogP contribution in [0.5, 0.6) is 0 Å². The maximum atomic E-state index is 12.6. The van der Waals surface area contributed by atoms with Gasteiger partial charge in [-0.1, -0.05) is 54.2 Å². The highest BCUT2D eigenvalue weighted by Crippen LogP contribution is 2.30. The summed E-state index contributed by atoms with van der Waals surface area (Å²) >= 11 is 1.48. The van der Waals surface area contributed by atoms with Crippen LogP contribution in [-0.2, 0) is 17.8 Å². The van der Waals surface area contributed by atoms with Gasteiger partial charge in [0.15, 0.2) is 5.16 Å². The van der Waals surface area contributed by atoms with Gasteiger partial charge in [0.2, 0.25) is 5.91 Å². The minimum Gasteiger partial charge on any atom is -0.349 e. The van der Waals surface area contributed by atoms with Crippen LogP contribution in [0.25, 0.3) is 11.0 Å². The molecule has 1 aliphatic rings. The number of carbonyl (C=O) groups excluding carboxylic acids is 1. The lowest BCUT2D eigenvalue weighted by molar-refractivity contribution is -0.119. The number of allylic oxidation sites excluding steroid dienone is 1. The maximum absolute atomic E-state index is 12.6. The van der Waals surface area contributed by atoms with Crippen LogP contribution in [-0.4, -0.2) is 21.2 Å². The van der Waals surface area contributed by atoms with Gasteiger partial charge in [-0.05, 0) is 42.5 Å². The number of aromatic nitrogens is 2. The van der Waals surface area contributed by atoms with E-state index < -0.39 is 0 Å². The van der Waals surface area contributed by atoms with Crippen LogP contribution in [0.4, 0.5) is 0 Å². The third-order valence-corrected chi connectivity index (χ3v) is 5.94. The molecule has 0 bridgehead atoms. The van der Waals surface area contributed by atoms with Gasteiger partial charge < -0.3 is 9.88 Å². The zero-order chi connectivity index (χ0) is 18.6. The number of rotatable bonds is 6. The van der Waals surface area contributed by atoms with Crippen molar-refractivity contribution in [3.63, 3.8) is 0 Å². The summed E-state index contributed by atoms with van der Waals surface area (Å²) in [5.41, 5.74) is 4.64. The molecule has 1 atom stereocenters. The van der Waals surface area contributed by atoms with Crippen molar-refractivity contribution in [1.29, 1.82) is 0 Å². The lowest BCUT2D eigenvalue weighted by atomic mass is 9.88. The summed E-state index contributed by atoms with van der Waals surface area (Å²) < 4.78 is 2.11. The van der Waals surface area contributed by atoms with E-state index in [2.05, 4.69) is 51.8 Å². The maximum Gasteiger partial charge on any atom is 0.230 e. The predicted octanol–water partition coefficient (Wildman–Crippen LogP) is 4.51. The van der Waals surface area contributed by atoms with Gasteiger partial charge in [-0.3, -0.25) is 4.79 Å². The second-order valence-electron chi connectivity index (χ2n) is 6.78. The van der Waals surface area contributed by atoms with E-state index in [-0.39, 0.29) is 11.9 Å². The molecule has 4 rings (SSSR count). The smallest absolute Gasteiger partial charge is 0.230 e. The van der Waals surface area contributed by atoms with E-state index in [9.17, 15) is 4.79 Å². The van der Waals surface area contributed by atoms with Gasteiger partial charge in [-0.25, -0.2) is 4.98 Å². The molecular formula is C22H23N3OS. The van der Waals surface area contributed by atoms with Crippen LogP contribution < -0.4 is 5.32 Å². The molecule has 1 heterocycles. The molecule has 0 unspecified atom stereocenters. The van der Waals surface area contributed by atoms with E-state index in [0.29, 0.717) is 12.3 Å². The van der Waals surface area contributed by atoms with Gasteiger partial charge in [0.1, 0.15) is 0 Å². The Morgan fingerprint density at radius 1 is 1.26 bits per heavy atom. The number of nitrogens with one attached hydrogen (secondary N) is 1. The fraction of sp³-hybridized carbons (Fsp3) is 0.273. The molecule has 0 saturated carbocycles. The molecule has 1 amide bonds. The molecule has 1 aromatic heterocycles. The van der Waals surface area contributed by atoms with Crippen molar-refractivity contribution in [2.24, 2.45) is 0 Å². The molecule has 0 fully saturated rings. The predicted molar refractivity (Wildman–Crippen MR) is 111 cm³/mol. The van der Waals surface area contributed by atoms with Crippen molar-refractivity contribution >= 4 is 28.7 Å². The molecular weight excluding hydrogens is 354 g/mol. The van der Waals surface area contributed by atoms with Crippen molar-refractivity contribution in [1.82, 2.24) is 14.9 Å². The zero-order valence-electron chi connectivity index (χ0n) is 15.2. The largest absolute Gasteiger partial charge is 0.349 e. The number of amides is 1. The summed E-state index contributed by atoms with van der Waals surface area (Å²) in [4.78, 5) is 17.3. The number of hydrogen-bond donors (Lipinski definition) is 1. The third-order valence-electron chi connectivity index (χ3n) is 4.97. The number of thioether (sulfide) groups is 1. The molecule has 1 N–H and O–H groups in total. The molecule has 138 valence electrons. The Bertz CT molecular complexity index is 979. The first-order valence-electron chi connectivity index (χ1n) is 9.32. The summed E-state index contributed by atoms with van der Waals surface area (Å²) in [5, 5.41) is 4.07. The number of fused-ring (bicyclic) bond motifs is 2. The topological polar surface area (TPSA) is 46.9 Å². The summed E-state index contributed by atoms with van der Waals surface area (Å²) in [5.74, 6) is 0.415. The van der Waals surface area contributed by atoms with Gasteiger partial charge in [-0.15, -0.1) is 6.58 Å². The average molecular weight is 378 g/mol. The Labute approximate surface area is 163 Å². The van der Waals surface area contributed by atoms with Gasteiger partial charge in [0.05, 0.1) is 22.8 Å². The molecule has 4 nitrogen and oxygen atoms in total. The van der Waals surface area contributed by atoms with Gasteiger partial charge in [-0.2, -0.15) is 0 Å². The Morgan fingerprint density at radius 3 is 2.96 bits per heavy atom. The quantitative estimate of drug-likeness (QED) is 0.508. The molecule has 0 spiro atoms. The number of para-hydroxylation sites is 2. The van der Waals surface area contributed by atoms with Crippen molar-refractivity contribution in [2.45, 2.75) is 37.0 Å². The standard InChI is InChI=1S/C22H23N3OS/c1-2-14-25-20-13-6-5-11-19(20)24-22(25)27-15-21(26)23-18-12-7-9-16-8-3-4-10-17(16)18/h2-6,8,10-11,13,18H,1,7,9,12,14-15H2,(H,23,26)/t18-/m0/s1. The Kier molecular flexibility index (Phi) is 5.30. The molecule has 2 aromatic carbocycles. The van der Waals surface area contributed by atoms with Crippen molar-refractivity contribution < 1.29 is 4.79 Å². The number of imidazole rings is 1. The number of nitrogens with zero attached hydrogens (tertiary/aromatic N) is 2. The van der Waals surface area contributed by atoms with Gasteiger partial charge in [0, 0.05) is 6.54 Å². The molecule has 0 radical (unpaired) electrons. The highest BCUT2D eigenvalue weighted by atomic mass is 32.2. The Hall–Kier alpha value is -2.53. The second kappa shape index (κ2) is 8.01. The molecule has 3 aromatic rings. The second-order valence-corrected chi connectivity index (χ2v) is 7.72. The van der Waals surface area contributed by atoms with E-state index in [0.717, 1.165) is 35.5 Å². The minimum atomic E-state index is 0.0545. The van der Waals surface area contributed by atoms with Gasteiger partial charge in [0.25, 0.3) is 0 Å². The van der Waals surface area contributed by atoms with E-state index in [1.807, 2.05) is 24.3 Å². The zero-order valence-corrected chi connectivity index (χ0v) is 16.0. The van der Waals surface area contributed by atoms with Crippen molar-refractivity contribution in [3.05, 3.63) is 72.3 Å². The van der Waals surface area contributed by atoms with Gasteiger partial charge >= 0.3 is 0 Å². The number of hydrogen-bond acceptors (Lipinski definition) is 3. The molecule has 5 heteroatoms. The average Bonchev–Trinajstić information content (AvgIpc) is 3.05. The van der Waals surface area contributed by atoms with Crippen LogP contribution in [0.3, 0.4) is 0 Å². The lowest BCUT2D eigenvalue weighted by Gasteiger charge is -2.26. The van der Waals surface area contributed by atoms with Crippen LogP contribution in [0.1, 0.15) is 30.0 Å². The van der Waals surface area contributed by atoms with E-state index >= 15 is 0 Å². The van der Waals surface area contributed by atoms with E-state index in [1.165, 1.54) is 22.9 Å². The van der Waals surface area contributed by atoms with Crippen LogP contribution in [0.15, 0.2) is 66.3 Å². The lowest BCUT2D eigenvalue weighted by Crippen LogP contribution is -2.32. The molecule has 1 aliphatic carbocycles. The minimum absolute atomic E-state index is 0.0545. The normalized spacial score (nSPS) is 16.1. The van der Waals surface area contributed by atoms with Crippen LogP contribution in [0, 0.1) is 0 Å². The summed E-state index contributed by atoms with van der Waals surface area (Å²) in [6.45, 7) is 4.52. The Balaban J connectivity index is 1.45. The first kappa shape index (κ1) is 17.9. The highest BCUT2D eigenvalue weighted by Gasteiger charge is 2.21.